The molecule has 0 aliphatic carbocycles. The summed E-state index contributed by atoms with van der Waals surface area (Å²) in [4.78, 5) is 40.0. The monoisotopic (exact) mass is 425 g/mol. The Hall–Kier alpha value is -3.55. The van der Waals surface area contributed by atoms with Crippen LogP contribution in [0.2, 0.25) is 0 Å². The maximum Gasteiger partial charge on any atom is 0.260 e. The lowest BCUT2D eigenvalue weighted by Gasteiger charge is -2.34. The number of hydrogen-bond acceptors (Lipinski definition) is 5. The summed E-state index contributed by atoms with van der Waals surface area (Å²) in [6, 6.07) is 14.1. The number of carbonyl (C=O) groups is 3. The van der Waals surface area contributed by atoms with Gasteiger partial charge in [0.05, 0.1) is 6.61 Å². The second kappa shape index (κ2) is 10.5. The van der Waals surface area contributed by atoms with Crippen LogP contribution in [-0.2, 0) is 9.59 Å². The van der Waals surface area contributed by atoms with Crippen LogP contribution >= 0.6 is 0 Å². The molecule has 1 heterocycles. The van der Waals surface area contributed by atoms with Crippen LogP contribution in [0, 0.1) is 0 Å². The minimum atomic E-state index is -0.192. The van der Waals surface area contributed by atoms with E-state index in [1.807, 2.05) is 19.1 Å². The van der Waals surface area contributed by atoms with Crippen LogP contribution < -0.4 is 14.8 Å². The highest BCUT2D eigenvalue weighted by molar-refractivity contribution is 5.97. The third-order valence-electron chi connectivity index (χ3n) is 4.85. The topological polar surface area (TPSA) is 88.2 Å². The van der Waals surface area contributed by atoms with E-state index in [9.17, 15) is 14.4 Å². The Bertz CT molecular complexity index is 938. The van der Waals surface area contributed by atoms with E-state index in [0.717, 1.165) is 0 Å². The van der Waals surface area contributed by atoms with Crippen molar-refractivity contribution in [3.05, 3.63) is 54.1 Å². The molecule has 0 radical (unpaired) electrons. The Kier molecular flexibility index (Phi) is 7.48. The third-order valence-corrected chi connectivity index (χ3v) is 4.85. The molecule has 1 fully saturated rings. The fourth-order valence-corrected chi connectivity index (χ4v) is 3.35. The van der Waals surface area contributed by atoms with Gasteiger partial charge in [-0.2, -0.15) is 0 Å². The van der Waals surface area contributed by atoms with Crippen molar-refractivity contribution in [1.82, 2.24) is 9.80 Å². The Morgan fingerprint density at radius 3 is 2.19 bits per heavy atom. The molecule has 1 aliphatic rings. The number of amides is 3. The number of piperazine rings is 1. The zero-order valence-corrected chi connectivity index (χ0v) is 17.8. The highest BCUT2D eigenvalue weighted by Gasteiger charge is 2.25. The SMILES string of the molecule is CCOc1ccccc1OCC(=O)N1CCN(C(=O)c2cccc(NC(C)=O)c2)CC1. The fraction of sp³-hybridized carbons (Fsp3) is 0.348. The van der Waals surface area contributed by atoms with Crippen LogP contribution in [0.1, 0.15) is 24.2 Å². The van der Waals surface area contributed by atoms with Gasteiger partial charge in [-0.25, -0.2) is 0 Å². The molecule has 2 aromatic rings. The minimum absolute atomic E-state index is 0.0865. The van der Waals surface area contributed by atoms with Crippen LogP contribution in [0.3, 0.4) is 0 Å². The molecule has 1 aliphatic heterocycles. The molecule has 0 bridgehead atoms. The second-order valence-corrected chi connectivity index (χ2v) is 7.10. The van der Waals surface area contributed by atoms with Gasteiger partial charge in [0.1, 0.15) is 0 Å². The smallest absolute Gasteiger partial charge is 0.260 e. The summed E-state index contributed by atoms with van der Waals surface area (Å²) < 4.78 is 11.2. The van der Waals surface area contributed by atoms with E-state index in [4.69, 9.17) is 9.47 Å². The minimum Gasteiger partial charge on any atom is -0.490 e. The average molecular weight is 425 g/mol. The number of anilines is 1. The molecule has 164 valence electrons. The van der Waals surface area contributed by atoms with E-state index in [2.05, 4.69) is 5.32 Å². The molecule has 0 spiro atoms. The summed E-state index contributed by atoms with van der Waals surface area (Å²) >= 11 is 0. The zero-order valence-electron chi connectivity index (χ0n) is 17.8. The van der Waals surface area contributed by atoms with Crippen LogP contribution in [0.4, 0.5) is 5.69 Å². The number of benzene rings is 2. The summed E-state index contributed by atoms with van der Waals surface area (Å²) in [6.07, 6.45) is 0. The maximum absolute atomic E-state index is 12.8. The van der Waals surface area contributed by atoms with Crippen molar-refractivity contribution in [2.75, 3.05) is 44.7 Å². The molecule has 0 aromatic heterocycles. The van der Waals surface area contributed by atoms with E-state index in [-0.39, 0.29) is 24.3 Å². The average Bonchev–Trinajstić information content (AvgIpc) is 2.78. The number of carbonyl (C=O) groups excluding carboxylic acids is 3. The van der Waals surface area contributed by atoms with E-state index in [1.54, 1.807) is 46.2 Å². The van der Waals surface area contributed by atoms with Crippen molar-refractivity contribution in [3.8, 4) is 11.5 Å². The number of para-hydroxylation sites is 2. The van der Waals surface area contributed by atoms with Gasteiger partial charge in [0.15, 0.2) is 18.1 Å². The largest absolute Gasteiger partial charge is 0.490 e. The molecule has 3 amide bonds. The van der Waals surface area contributed by atoms with Gasteiger partial charge in [-0.3, -0.25) is 14.4 Å². The molecule has 3 rings (SSSR count). The molecule has 0 saturated carbocycles. The predicted molar refractivity (Wildman–Crippen MR) is 116 cm³/mol. The van der Waals surface area contributed by atoms with Crippen LogP contribution in [0.25, 0.3) is 0 Å². The van der Waals surface area contributed by atoms with Gasteiger partial charge in [-0.15, -0.1) is 0 Å². The maximum atomic E-state index is 12.8. The number of nitrogens with one attached hydrogen (secondary N) is 1. The first kappa shape index (κ1) is 22.1. The van der Waals surface area contributed by atoms with Crippen molar-refractivity contribution in [2.45, 2.75) is 13.8 Å². The van der Waals surface area contributed by atoms with Gasteiger partial charge < -0.3 is 24.6 Å². The van der Waals surface area contributed by atoms with E-state index < -0.39 is 0 Å². The Balaban J connectivity index is 1.52. The van der Waals surface area contributed by atoms with Gasteiger partial charge >= 0.3 is 0 Å². The molecular weight excluding hydrogens is 398 g/mol. The predicted octanol–water partition coefficient (Wildman–Crippen LogP) is 2.41. The number of nitrogens with zero attached hydrogens (tertiary/aromatic N) is 2. The van der Waals surface area contributed by atoms with Crippen molar-refractivity contribution in [1.29, 1.82) is 0 Å². The fourth-order valence-electron chi connectivity index (χ4n) is 3.35. The van der Waals surface area contributed by atoms with Gasteiger partial charge in [0, 0.05) is 44.4 Å². The molecule has 1 saturated heterocycles. The molecule has 31 heavy (non-hydrogen) atoms. The highest BCUT2D eigenvalue weighted by Crippen LogP contribution is 2.26. The van der Waals surface area contributed by atoms with Crippen molar-refractivity contribution >= 4 is 23.4 Å². The van der Waals surface area contributed by atoms with Crippen LogP contribution in [0.5, 0.6) is 11.5 Å². The standard InChI is InChI=1S/C23H27N3O5/c1-3-30-20-9-4-5-10-21(20)31-16-22(28)25-11-13-26(14-12-25)23(29)18-7-6-8-19(15-18)24-17(2)27/h4-10,15H,3,11-14,16H2,1-2H3,(H,24,27). The number of ether oxygens (including phenoxy) is 2. The summed E-state index contributed by atoms with van der Waals surface area (Å²) in [6.45, 7) is 5.48. The zero-order chi connectivity index (χ0) is 22.2. The summed E-state index contributed by atoms with van der Waals surface area (Å²) in [5.74, 6) is 0.690. The summed E-state index contributed by atoms with van der Waals surface area (Å²) in [5.41, 5.74) is 1.08. The first-order valence-electron chi connectivity index (χ1n) is 10.3. The number of hydrogen-bond donors (Lipinski definition) is 1. The Morgan fingerprint density at radius 1 is 0.903 bits per heavy atom. The van der Waals surface area contributed by atoms with Crippen molar-refractivity contribution in [3.63, 3.8) is 0 Å². The van der Waals surface area contributed by atoms with E-state index in [1.165, 1.54) is 6.92 Å². The first-order valence-corrected chi connectivity index (χ1v) is 10.3. The second-order valence-electron chi connectivity index (χ2n) is 7.10. The van der Waals surface area contributed by atoms with Crippen LogP contribution in [-0.4, -0.2) is 66.9 Å². The van der Waals surface area contributed by atoms with E-state index >= 15 is 0 Å². The molecule has 2 aromatic carbocycles. The van der Waals surface area contributed by atoms with Crippen molar-refractivity contribution < 1.29 is 23.9 Å². The third kappa shape index (κ3) is 5.97. The van der Waals surface area contributed by atoms with Crippen molar-refractivity contribution in [2.24, 2.45) is 0 Å². The lowest BCUT2D eigenvalue weighted by molar-refractivity contribution is -0.134. The Labute approximate surface area is 181 Å². The van der Waals surface area contributed by atoms with Gasteiger partial charge in [-0.1, -0.05) is 18.2 Å². The van der Waals surface area contributed by atoms with Gasteiger partial charge in [-0.05, 0) is 37.3 Å². The number of rotatable bonds is 7. The first-order chi connectivity index (χ1) is 15.0. The summed E-state index contributed by atoms with van der Waals surface area (Å²) in [5, 5.41) is 2.68. The van der Waals surface area contributed by atoms with Gasteiger partial charge in [0.2, 0.25) is 5.91 Å². The molecule has 0 unspecified atom stereocenters. The lowest BCUT2D eigenvalue weighted by Crippen LogP contribution is -2.51. The normalized spacial score (nSPS) is 13.5. The molecule has 1 N–H and O–H groups in total. The lowest BCUT2D eigenvalue weighted by atomic mass is 10.1. The highest BCUT2D eigenvalue weighted by atomic mass is 16.5. The molecule has 8 nitrogen and oxygen atoms in total. The molecular formula is C23H27N3O5. The summed E-state index contributed by atoms with van der Waals surface area (Å²) in [7, 11) is 0. The molecule has 0 atom stereocenters. The Morgan fingerprint density at radius 2 is 1.55 bits per heavy atom. The van der Waals surface area contributed by atoms with E-state index in [0.29, 0.717) is 55.5 Å². The van der Waals surface area contributed by atoms with Gasteiger partial charge in [0.25, 0.3) is 11.8 Å². The quantitative estimate of drug-likeness (QED) is 0.736. The molecule has 8 heteroatoms. The van der Waals surface area contributed by atoms with Crippen LogP contribution in [0.15, 0.2) is 48.5 Å².